The van der Waals surface area contributed by atoms with Crippen molar-refractivity contribution in [3.05, 3.63) is 30.4 Å². The zero-order valence-electron chi connectivity index (χ0n) is 10.3. The van der Waals surface area contributed by atoms with Crippen molar-refractivity contribution in [2.75, 3.05) is 23.8 Å². The summed E-state index contributed by atoms with van der Waals surface area (Å²) in [6.45, 7) is 2.71. The van der Waals surface area contributed by atoms with E-state index in [-0.39, 0.29) is 6.61 Å². The second-order valence-electron chi connectivity index (χ2n) is 3.91. The predicted octanol–water partition coefficient (Wildman–Crippen LogP) is 1.65. The van der Waals surface area contributed by atoms with Crippen LogP contribution in [0.4, 0.5) is 17.3 Å². The van der Waals surface area contributed by atoms with Crippen molar-refractivity contribution in [3.63, 3.8) is 0 Å². The van der Waals surface area contributed by atoms with E-state index >= 15 is 0 Å². The first-order valence-corrected chi connectivity index (χ1v) is 5.88. The smallest absolute Gasteiger partial charge is 0.136 e. The Balaban J connectivity index is 2.06. The Labute approximate surface area is 105 Å². The summed E-state index contributed by atoms with van der Waals surface area (Å²) in [5.41, 5.74) is 0.953. The van der Waals surface area contributed by atoms with E-state index in [2.05, 4.69) is 25.6 Å². The highest BCUT2D eigenvalue weighted by atomic mass is 16.3. The minimum Gasteiger partial charge on any atom is -0.396 e. The lowest BCUT2D eigenvalue weighted by molar-refractivity contribution is 0.292. The Morgan fingerprint density at radius 2 is 2.17 bits per heavy atom. The first-order valence-electron chi connectivity index (χ1n) is 5.88. The molecule has 96 valence electrons. The van der Waals surface area contributed by atoms with Crippen LogP contribution in [0.25, 0.3) is 0 Å². The summed E-state index contributed by atoms with van der Waals surface area (Å²) in [6, 6.07) is 3.77. The largest absolute Gasteiger partial charge is 0.396 e. The van der Waals surface area contributed by atoms with Gasteiger partial charge in [-0.3, -0.25) is 0 Å². The third kappa shape index (κ3) is 3.46. The van der Waals surface area contributed by atoms with Gasteiger partial charge in [-0.2, -0.15) is 0 Å². The van der Waals surface area contributed by atoms with E-state index in [0.717, 1.165) is 17.3 Å². The van der Waals surface area contributed by atoms with Crippen LogP contribution in [0, 0.1) is 6.92 Å². The third-order valence-corrected chi connectivity index (χ3v) is 2.35. The Hall–Kier alpha value is -2.08. The quantitative estimate of drug-likeness (QED) is 0.583. The fraction of sp³-hybridized carbons (Fsp3) is 0.333. The summed E-state index contributed by atoms with van der Waals surface area (Å²) in [6.07, 6.45) is 4.40. The number of aromatic amines is 1. The molecule has 0 spiro atoms. The van der Waals surface area contributed by atoms with Crippen LogP contribution in [0.2, 0.25) is 0 Å². The number of H-pyrrole nitrogens is 1. The van der Waals surface area contributed by atoms with E-state index in [4.69, 9.17) is 5.11 Å². The molecule has 6 nitrogen and oxygen atoms in total. The number of aryl methyl sites for hydroxylation is 1. The predicted molar refractivity (Wildman–Crippen MR) is 71.0 cm³/mol. The molecule has 0 aromatic carbocycles. The average molecular weight is 247 g/mol. The van der Waals surface area contributed by atoms with E-state index in [9.17, 15) is 0 Å². The molecule has 4 N–H and O–H groups in total. The van der Waals surface area contributed by atoms with Gasteiger partial charge in [0.25, 0.3) is 0 Å². The highest BCUT2D eigenvalue weighted by Crippen LogP contribution is 2.16. The number of aliphatic hydroxyl groups excluding tert-OH is 1. The summed E-state index contributed by atoms with van der Waals surface area (Å²) >= 11 is 0. The van der Waals surface area contributed by atoms with Gasteiger partial charge < -0.3 is 20.7 Å². The van der Waals surface area contributed by atoms with Crippen molar-refractivity contribution in [1.82, 2.24) is 15.0 Å². The standard InChI is InChI=1S/C12H17N5O/c1-9-15-11(14-4-2-6-18)7-12(16-9)17-10-3-5-13-8-10/h3,5,7-8,13,18H,2,4,6H2,1H3,(H2,14,15,16,17). The number of anilines is 3. The highest BCUT2D eigenvalue weighted by Gasteiger charge is 2.02. The van der Waals surface area contributed by atoms with Gasteiger partial charge in [0.05, 0.1) is 5.69 Å². The van der Waals surface area contributed by atoms with Crippen molar-refractivity contribution in [2.45, 2.75) is 13.3 Å². The molecule has 0 bridgehead atoms. The lowest BCUT2D eigenvalue weighted by Crippen LogP contribution is -2.07. The van der Waals surface area contributed by atoms with E-state index in [1.165, 1.54) is 0 Å². The Bertz CT molecular complexity index is 483. The SMILES string of the molecule is Cc1nc(NCCCO)cc(Nc2cc[nH]c2)n1. The van der Waals surface area contributed by atoms with Crippen LogP contribution >= 0.6 is 0 Å². The topological polar surface area (TPSA) is 85.9 Å². The lowest BCUT2D eigenvalue weighted by Gasteiger charge is -2.08. The minimum absolute atomic E-state index is 0.172. The summed E-state index contributed by atoms with van der Waals surface area (Å²) in [5, 5.41) is 15.1. The van der Waals surface area contributed by atoms with E-state index in [1.807, 2.05) is 31.5 Å². The van der Waals surface area contributed by atoms with Gasteiger partial charge in [0.1, 0.15) is 17.5 Å². The molecular weight excluding hydrogens is 230 g/mol. The summed E-state index contributed by atoms with van der Waals surface area (Å²) in [4.78, 5) is 11.6. The van der Waals surface area contributed by atoms with Crippen LogP contribution in [0.1, 0.15) is 12.2 Å². The van der Waals surface area contributed by atoms with Crippen LogP contribution in [0.3, 0.4) is 0 Å². The molecule has 0 amide bonds. The maximum absolute atomic E-state index is 8.74. The normalized spacial score (nSPS) is 10.3. The monoisotopic (exact) mass is 247 g/mol. The molecule has 2 heterocycles. The second kappa shape index (κ2) is 6.02. The molecule has 0 aliphatic heterocycles. The molecule has 0 atom stereocenters. The van der Waals surface area contributed by atoms with Gasteiger partial charge in [-0.05, 0) is 19.4 Å². The third-order valence-electron chi connectivity index (χ3n) is 2.35. The number of hydrogen-bond acceptors (Lipinski definition) is 5. The highest BCUT2D eigenvalue weighted by molar-refractivity contribution is 5.58. The van der Waals surface area contributed by atoms with Crippen molar-refractivity contribution in [1.29, 1.82) is 0 Å². The van der Waals surface area contributed by atoms with Crippen LogP contribution in [0.15, 0.2) is 24.5 Å². The lowest BCUT2D eigenvalue weighted by atomic mass is 10.4. The minimum atomic E-state index is 0.172. The number of rotatable bonds is 6. The Kier molecular flexibility index (Phi) is 4.14. The van der Waals surface area contributed by atoms with Gasteiger partial charge in [0.2, 0.25) is 0 Å². The molecule has 0 fully saturated rings. The molecule has 0 radical (unpaired) electrons. The van der Waals surface area contributed by atoms with Crippen LogP contribution < -0.4 is 10.6 Å². The maximum Gasteiger partial charge on any atom is 0.136 e. The van der Waals surface area contributed by atoms with Crippen molar-refractivity contribution in [2.24, 2.45) is 0 Å². The fourth-order valence-electron chi connectivity index (χ4n) is 1.57. The molecule has 2 aromatic heterocycles. The van der Waals surface area contributed by atoms with Crippen LogP contribution in [-0.4, -0.2) is 33.2 Å². The number of hydrogen-bond donors (Lipinski definition) is 4. The zero-order valence-corrected chi connectivity index (χ0v) is 10.3. The van der Waals surface area contributed by atoms with Crippen LogP contribution in [-0.2, 0) is 0 Å². The van der Waals surface area contributed by atoms with E-state index in [1.54, 1.807) is 0 Å². The van der Waals surface area contributed by atoms with Crippen LogP contribution in [0.5, 0.6) is 0 Å². The van der Waals surface area contributed by atoms with Gasteiger partial charge >= 0.3 is 0 Å². The average Bonchev–Trinajstić information content (AvgIpc) is 2.81. The summed E-state index contributed by atoms with van der Waals surface area (Å²) in [5.74, 6) is 2.20. The van der Waals surface area contributed by atoms with Gasteiger partial charge in [-0.1, -0.05) is 0 Å². The molecule has 0 aliphatic carbocycles. The molecule has 0 unspecified atom stereocenters. The molecule has 18 heavy (non-hydrogen) atoms. The molecule has 6 heteroatoms. The number of nitrogens with zero attached hydrogens (tertiary/aromatic N) is 2. The molecule has 0 saturated heterocycles. The first kappa shape index (κ1) is 12.4. The molecule has 0 saturated carbocycles. The van der Waals surface area contributed by atoms with Gasteiger partial charge in [-0.15, -0.1) is 0 Å². The van der Waals surface area contributed by atoms with Gasteiger partial charge in [-0.25, -0.2) is 9.97 Å². The Morgan fingerprint density at radius 1 is 1.33 bits per heavy atom. The second-order valence-corrected chi connectivity index (χ2v) is 3.91. The number of aliphatic hydroxyl groups is 1. The Morgan fingerprint density at radius 3 is 2.89 bits per heavy atom. The number of aromatic nitrogens is 3. The molecular formula is C12H17N5O. The molecule has 2 rings (SSSR count). The van der Waals surface area contributed by atoms with E-state index in [0.29, 0.717) is 18.8 Å². The number of nitrogens with one attached hydrogen (secondary N) is 3. The maximum atomic E-state index is 8.74. The summed E-state index contributed by atoms with van der Waals surface area (Å²) in [7, 11) is 0. The van der Waals surface area contributed by atoms with Crippen molar-refractivity contribution >= 4 is 17.3 Å². The van der Waals surface area contributed by atoms with E-state index < -0.39 is 0 Å². The molecule has 0 aliphatic rings. The fourth-order valence-corrected chi connectivity index (χ4v) is 1.57. The summed E-state index contributed by atoms with van der Waals surface area (Å²) < 4.78 is 0. The van der Waals surface area contributed by atoms with Crippen molar-refractivity contribution < 1.29 is 5.11 Å². The molecule has 2 aromatic rings. The first-order chi connectivity index (χ1) is 8.78. The van der Waals surface area contributed by atoms with Crippen molar-refractivity contribution in [3.8, 4) is 0 Å². The van der Waals surface area contributed by atoms with Gasteiger partial charge in [0, 0.05) is 31.6 Å². The zero-order chi connectivity index (χ0) is 12.8. The van der Waals surface area contributed by atoms with Gasteiger partial charge in [0.15, 0.2) is 0 Å².